The summed E-state index contributed by atoms with van der Waals surface area (Å²) >= 11 is 0. The first kappa shape index (κ1) is 12.9. The first-order valence-electron chi connectivity index (χ1n) is 5.23. The molecular weight excluding hydrogens is 217 g/mol. The van der Waals surface area contributed by atoms with Gasteiger partial charge in [-0.05, 0) is 40.0 Å². The zero-order chi connectivity index (χ0) is 11.9. The summed E-state index contributed by atoms with van der Waals surface area (Å²) in [6.07, 6.45) is 0.680. The first-order valence-corrected chi connectivity index (χ1v) is 6.88. The van der Waals surface area contributed by atoms with E-state index in [0.717, 1.165) is 0 Å². The van der Waals surface area contributed by atoms with Crippen molar-refractivity contribution in [2.75, 3.05) is 5.75 Å². The Kier molecular flexibility index (Phi) is 3.18. The molecule has 1 rings (SSSR count). The van der Waals surface area contributed by atoms with E-state index in [0.29, 0.717) is 12.8 Å². The molecule has 3 nitrogen and oxygen atoms in total. The fourth-order valence-electron chi connectivity index (χ4n) is 1.71. The Bertz CT molecular complexity index is 326. The van der Waals surface area contributed by atoms with E-state index in [1.165, 1.54) is 0 Å². The molecule has 1 fully saturated rings. The van der Waals surface area contributed by atoms with Crippen molar-refractivity contribution < 1.29 is 12.8 Å². The largest absolute Gasteiger partial charge is 0.327 e. The minimum Gasteiger partial charge on any atom is -0.327 e. The zero-order valence-corrected chi connectivity index (χ0v) is 10.4. The Morgan fingerprint density at radius 3 is 2.20 bits per heavy atom. The van der Waals surface area contributed by atoms with Crippen LogP contribution in [0.3, 0.4) is 0 Å². The van der Waals surface area contributed by atoms with Crippen molar-refractivity contribution in [2.45, 2.75) is 56.5 Å². The molecule has 0 atom stereocenters. The fraction of sp³-hybridized carbons (Fsp3) is 1.00. The minimum atomic E-state index is -3.21. The number of hydrogen-bond donors (Lipinski definition) is 1. The smallest absolute Gasteiger partial charge is 0.155 e. The standard InChI is InChI=1S/C10H20FNO2S/c1-9(2,3)15(13,14)5-4-10(11)6-8(12)7-10/h8H,4-7,12H2,1-3H3. The van der Waals surface area contributed by atoms with E-state index in [4.69, 9.17) is 5.73 Å². The van der Waals surface area contributed by atoms with Crippen molar-refractivity contribution in [1.82, 2.24) is 0 Å². The second kappa shape index (κ2) is 3.70. The predicted octanol–water partition coefficient (Wildman–Crippen LogP) is 1.42. The Morgan fingerprint density at radius 2 is 1.87 bits per heavy atom. The van der Waals surface area contributed by atoms with Crippen LogP contribution in [-0.2, 0) is 9.84 Å². The van der Waals surface area contributed by atoms with E-state index in [1.54, 1.807) is 20.8 Å². The lowest BCUT2D eigenvalue weighted by atomic mass is 9.76. The van der Waals surface area contributed by atoms with Crippen LogP contribution in [0.5, 0.6) is 0 Å². The third-order valence-electron chi connectivity index (χ3n) is 3.01. The Morgan fingerprint density at radius 1 is 1.40 bits per heavy atom. The summed E-state index contributed by atoms with van der Waals surface area (Å²) in [6, 6.07) is -0.0904. The molecule has 0 heterocycles. The van der Waals surface area contributed by atoms with Gasteiger partial charge >= 0.3 is 0 Å². The molecule has 0 aliphatic heterocycles. The summed E-state index contributed by atoms with van der Waals surface area (Å²) in [5.41, 5.74) is 4.15. The van der Waals surface area contributed by atoms with Gasteiger partial charge in [-0.1, -0.05) is 0 Å². The van der Waals surface area contributed by atoms with Crippen molar-refractivity contribution in [3.05, 3.63) is 0 Å². The normalized spacial score (nSPS) is 32.5. The van der Waals surface area contributed by atoms with Crippen molar-refractivity contribution in [3.8, 4) is 0 Å². The summed E-state index contributed by atoms with van der Waals surface area (Å²) in [6.45, 7) is 4.92. The topological polar surface area (TPSA) is 60.2 Å². The molecule has 0 saturated heterocycles. The van der Waals surface area contributed by atoms with Gasteiger partial charge in [-0.3, -0.25) is 0 Å². The number of rotatable bonds is 3. The van der Waals surface area contributed by atoms with Gasteiger partial charge in [0.25, 0.3) is 0 Å². The number of alkyl halides is 1. The lowest BCUT2D eigenvalue weighted by Crippen LogP contribution is -2.49. The molecule has 0 bridgehead atoms. The molecule has 0 aromatic heterocycles. The molecule has 1 aliphatic rings. The van der Waals surface area contributed by atoms with Gasteiger partial charge in [0.05, 0.1) is 10.5 Å². The van der Waals surface area contributed by atoms with Crippen LogP contribution in [0.25, 0.3) is 0 Å². The summed E-state index contributed by atoms with van der Waals surface area (Å²) in [5.74, 6) is -0.0836. The predicted molar refractivity (Wildman–Crippen MR) is 59.2 cm³/mol. The molecule has 5 heteroatoms. The van der Waals surface area contributed by atoms with Crippen LogP contribution in [0.2, 0.25) is 0 Å². The highest BCUT2D eigenvalue weighted by molar-refractivity contribution is 7.92. The van der Waals surface area contributed by atoms with Crippen LogP contribution in [0.4, 0.5) is 4.39 Å². The van der Waals surface area contributed by atoms with Gasteiger partial charge in [0.1, 0.15) is 5.67 Å². The maximum Gasteiger partial charge on any atom is 0.155 e. The third kappa shape index (κ3) is 2.91. The first-order chi connectivity index (χ1) is 6.56. The van der Waals surface area contributed by atoms with Crippen molar-refractivity contribution in [1.29, 1.82) is 0 Å². The Hall–Kier alpha value is -0.160. The molecule has 0 spiro atoms. The van der Waals surface area contributed by atoms with Gasteiger partial charge in [-0.25, -0.2) is 12.8 Å². The SMILES string of the molecule is CC(C)(C)S(=O)(=O)CCC1(F)CC(N)C1. The zero-order valence-electron chi connectivity index (χ0n) is 9.59. The van der Waals surface area contributed by atoms with E-state index < -0.39 is 20.3 Å². The van der Waals surface area contributed by atoms with Gasteiger partial charge in [0.2, 0.25) is 0 Å². The number of sulfone groups is 1. The number of hydrogen-bond acceptors (Lipinski definition) is 3. The Labute approximate surface area is 91.1 Å². The maximum atomic E-state index is 13.7. The summed E-state index contributed by atoms with van der Waals surface area (Å²) in [7, 11) is -3.21. The van der Waals surface area contributed by atoms with Crippen LogP contribution < -0.4 is 5.73 Å². The van der Waals surface area contributed by atoms with E-state index >= 15 is 0 Å². The highest BCUT2D eigenvalue weighted by Gasteiger charge is 2.44. The van der Waals surface area contributed by atoms with E-state index in [1.807, 2.05) is 0 Å². The molecule has 90 valence electrons. The average molecular weight is 237 g/mol. The monoisotopic (exact) mass is 237 g/mol. The van der Waals surface area contributed by atoms with Crippen LogP contribution in [0, 0.1) is 0 Å². The molecule has 15 heavy (non-hydrogen) atoms. The van der Waals surface area contributed by atoms with Crippen molar-refractivity contribution in [2.24, 2.45) is 5.73 Å². The summed E-state index contributed by atoms with van der Waals surface area (Å²) < 4.78 is 36.4. The quantitative estimate of drug-likeness (QED) is 0.807. The molecule has 0 aromatic carbocycles. The van der Waals surface area contributed by atoms with Gasteiger partial charge in [0, 0.05) is 6.04 Å². The molecule has 2 N–H and O–H groups in total. The molecule has 0 unspecified atom stereocenters. The van der Waals surface area contributed by atoms with E-state index in [9.17, 15) is 12.8 Å². The highest BCUT2D eigenvalue weighted by Crippen LogP contribution is 2.38. The average Bonchev–Trinajstić information content (AvgIpc) is 1.96. The molecular formula is C10H20FNO2S. The lowest BCUT2D eigenvalue weighted by Gasteiger charge is -2.39. The van der Waals surface area contributed by atoms with Gasteiger partial charge < -0.3 is 5.73 Å². The van der Waals surface area contributed by atoms with Crippen LogP contribution in [0.15, 0.2) is 0 Å². The van der Waals surface area contributed by atoms with Crippen LogP contribution in [0.1, 0.15) is 40.0 Å². The molecule has 1 aliphatic carbocycles. The number of halogens is 1. The number of nitrogens with two attached hydrogens (primary N) is 1. The van der Waals surface area contributed by atoms with Crippen LogP contribution >= 0.6 is 0 Å². The fourth-order valence-corrected chi connectivity index (χ4v) is 2.95. The summed E-state index contributed by atoms with van der Waals surface area (Å²) in [5, 5.41) is 0. The summed E-state index contributed by atoms with van der Waals surface area (Å²) in [4.78, 5) is 0. The van der Waals surface area contributed by atoms with Gasteiger partial charge in [-0.15, -0.1) is 0 Å². The van der Waals surface area contributed by atoms with Gasteiger partial charge in [-0.2, -0.15) is 0 Å². The third-order valence-corrected chi connectivity index (χ3v) is 5.62. The van der Waals surface area contributed by atoms with Crippen LogP contribution in [-0.4, -0.2) is 30.6 Å². The van der Waals surface area contributed by atoms with Crippen molar-refractivity contribution >= 4 is 9.84 Å². The lowest BCUT2D eigenvalue weighted by molar-refractivity contribution is 0.0408. The minimum absolute atomic E-state index is 0.0836. The molecule has 0 aromatic rings. The molecule has 0 amide bonds. The maximum absolute atomic E-state index is 13.7. The van der Waals surface area contributed by atoms with E-state index in [2.05, 4.69) is 0 Å². The van der Waals surface area contributed by atoms with Crippen molar-refractivity contribution in [3.63, 3.8) is 0 Å². The Balaban J connectivity index is 2.51. The molecule has 1 saturated carbocycles. The molecule has 0 radical (unpaired) electrons. The second-order valence-electron chi connectivity index (χ2n) is 5.50. The highest BCUT2D eigenvalue weighted by atomic mass is 32.2. The second-order valence-corrected chi connectivity index (χ2v) is 8.36. The van der Waals surface area contributed by atoms with E-state index in [-0.39, 0.29) is 18.2 Å². The van der Waals surface area contributed by atoms with Gasteiger partial charge in [0.15, 0.2) is 9.84 Å².